The largest absolute Gasteiger partial charge is 0.237 e. The Bertz CT molecular complexity index is 134. The summed E-state index contributed by atoms with van der Waals surface area (Å²) in [6.45, 7) is 5.71. The van der Waals surface area contributed by atoms with Crippen LogP contribution in [0.1, 0.15) is 46.0 Å². The highest BCUT2D eigenvalue weighted by Gasteiger charge is 2.12. The molecule has 0 amide bonds. The fourth-order valence-electron chi connectivity index (χ4n) is 1.60. The average Bonchev–Trinajstić information content (AvgIpc) is 2.14. The summed E-state index contributed by atoms with van der Waals surface area (Å²) in [4.78, 5) is 0. The van der Waals surface area contributed by atoms with Crippen LogP contribution in [0.3, 0.4) is 0 Å². The van der Waals surface area contributed by atoms with E-state index >= 15 is 0 Å². The molecule has 3 heteroatoms. The number of rotatable bonds is 8. The van der Waals surface area contributed by atoms with Crippen LogP contribution in [0.4, 0.5) is 0 Å². The third kappa shape index (κ3) is 7.30. The molecule has 0 aliphatic rings. The summed E-state index contributed by atoms with van der Waals surface area (Å²) in [6, 6.07) is 0. The minimum atomic E-state index is 0.709. The third-order valence-electron chi connectivity index (χ3n) is 2.81. The molecule has 3 nitrogen and oxygen atoms in total. The molecule has 14 heavy (non-hydrogen) atoms. The van der Waals surface area contributed by atoms with Crippen LogP contribution in [0, 0.1) is 5.92 Å². The number of unbranched alkanes of at least 4 members (excludes halogenated alkanes) is 1. The van der Waals surface area contributed by atoms with E-state index in [-0.39, 0.29) is 0 Å². The van der Waals surface area contributed by atoms with Crippen LogP contribution in [0.2, 0.25) is 0 Å². The molecule has 0 fully saturated rings. The van der Waals surface area contributed by atoms with E-state index in [1.807, 2.05) is 0 Å². The Balaban J connectivity index is 3.43. The van der Waals surface area contributed by atoms with Crippen LogP contribution < -0.4 is 11.4 Å². The van der Waals surface area contributed by atoms with Crippen LogP contribution >= 0.6 is 0 Å². The van der Waals surface area contributed by atoms with E-state index in [0.717, 1.165) is 12.5 Å². The first-order chi connectivity index (χ1) is 6.52. The number of nitrogens with two attached hydrogens (primary N) is 1. The van der Waals surface area contributed by atoms with Gasteiger partial charge in [-0.05, 0) is 18.8 Å². The second kappa shape index (κ2) is 7.21. The van der Waals surface area contributed by atoms with Crippen LogP contribution in [0.25, 0.3) is 0 Å². The molecule has 0 bridgehead atoms. The molecule has 0 aromatic heterocycles. The van der Waals surface area contributed by atoms with Crippen LogP contribution in [0.5, 0.6) is 0 Å². The summed E-state index contributed by atoms with van der Waals surface area (Å²) in [5.41, 5.74) is 2.80. The minimum Gasteiger partial charge on any atom is -0.237 e. The zero-order chi connectivity index (χ0) is 11.0. The van der Waals surface area contributed by atoms with Crippen molar-refractivity contribution in [3.8, 4) is 0 Å². The maximum Gasteiger partial charge on any atom is 0.0969 e. The number of quaternary nitrogens is 1. The van der Waals surface area contributed by atoms with Crippen LogP contribution in [0.15, 0.2) is 0 Å². The summed E-state index contributed by atoms with van der Waals surface area (Å²) in [7, 11) is 4.19. The number of hydrazine groups is 1. The Kier molecular flexibility index (Phi) is 7.15. The van der Waals surface area contributed by atoms with Crippen molar-refractivity contribution in [3.63, 3.8) is 0 Å². The van der Waals surface area contributed by atoms with Gasteiger partial charge in [0.15, 0.2) is 0 Å². The van der Waals surface area contributed by atoms with E-state index in [0.29, 0.717) is 4.59 Å². The summed E-state index contributed by atoms with van der Waals surface area (Å²) in [5.74, 6) is 6.29. The van der Waals surface area contributed by atoms with E-state index in [1.54, 1.807) is 0 Å². The Hall–Kier alpha value is -0.120. The molecule has 0 aromatic rings. The number of hydrogen-bond acceptors (Lipinski definition) is 2. The van der Waals surface area contributed by atoms with Crippen LogP contribution in [-0.2, 0) is 0 Å². The smallest absolute Gasteiger partial charge is 0.0969 e. The van der Waals surface area contributed by atoms with Gasteiger partial charge in [-0.2, -0.15) is 0 Å². The Morgan fingerprint density at radius 2 is 1.79 bits per heavy atom. The Labute approximate surface area is 89.2 Å². The summed E-state index contributed by atoms with van der Waals surface area (Å²) in [6.07, 6.45) is 6.64. The minimum absolute atomic E-state index is 0.709. The fraction of sp³-hybridized carbons (Fsp3) is 1.00. The standard InChI is InChI=1S/C11H28N3/c1-5-6-8-11(2)9-7-10-14(3,4)13-12/h11,13H,5-10,12H2,1-4H3/q+1/i14+2. The lowest BCUT2D eigenvalue weighted by molar-refractivity contribution is -0.935. The SMILES string of the molecule is CCCCC(C)CCC[16N+](C)(C)NN. The fourth-order valence-corrected chi connectivity index (χ4v) is 1.60. The Morgan fingerprint density at radius 3 is 2.29 bits per heavy atom. The van der Waals surface area contributed by atoms with Gasteiger partial charge in [0.1, 0.15) is 0 Å². The van der Waals surface area contributed by atoms with Gasteiger partial charge < -0.3 is 0 Å². The van der Waals surface area contributed by atoms with Gasteiger partial charge in [-0.15, -0.1) is 5.53 Å². The Morgan fingerprint density at radius 1 is 1.21 bits per heavy atom. The lowest BCUT2D eigenvalue weighted by atomic mass is 9.99. The van der Waals surface area contributed by atoms with E-state index in [4.69, 9.17) is 5.84 Å². The molecule has 0 saturated carbocycles. The van der Waals surface area contributed by atoms with Crippen molar-refractivity contribution in [1.29, 1.82) is 0 Å². The molecule has 0 aliphatic carbocycles. The quantitative estimate of drug-likeness (QED) is 0.361. The van der Waals surface area contributed by atoms with E-state index in [1.165, 1.54) is 32.1 Å². The van der Waals surface area contributed by atoms with Crippen molar-refractivity contribution in [2.24, 2.45) is 11.8 Å². The highest BCUT2D eigenvalue weighted by Crippen LogP contribution is 2.14. The molecule has 0 radical (unpaired) electrons. The van der Waals surface area contributed by atoms with Gasteiger partial charge >= 0.3 is 0 Å². The lowest BCUT2D eigenvalue weighted by Crippen LogP contribution is -2.55. The molecule has 0 aromatic carbocycles. The van der Waals surface area contributed by atoms with E-state index in [9.17, 15) is 0 Å². The summed E-state index contributed by atoms with van der Waals surface area (Å²) >= 11 is 0. The lowest BCUT2D eigenvalue weighted by Gasteiger charge is -2.27. The maximum absolute atomic E-state index is 5.43. The van der Waals surface area contributed by atoms with Gasteiger partial charge in [-0.25, -0.2) is 10.4 Å². The molecule has 0 spiro atoms. The first-order valence-electron chi connectivity index (χ1n) is 5.82. The average molecular weight is 204 g/mol. The molecule has 3 N–H and O–H groups in total. The molecule has 1 atom stereocenters. The van der Waals surface area contributed by atoms with Gasteiger partial charge in [0.05, 0.1) is 20.6 Å². The van der Waals surface area contributed by atoms with Crippen molar-refractivity contribution in [2.45, 2.75) is 46.0 Å². The molecule has 1 unspecified atom stereocenters. The molecular weight excluding hydrogens is 176 g/mol. The molecule has 0 rings (SSSR count). The number of nitrogens with zero attached hydrogens (tertiary/aromatic N) is 1. The maximum atomic E-state index is 5.43. The predicted molar refractivity (Wildman–Crippen MR) is 62.2 cm³/mol. The van der Waals surface area contributed by atoms with Gasteiger partial charge in [0, 0.05) is 0 Å². The number of hydrogen-bond donors (Lipinski definition) is 2. The zero-order valence-electron chi connectivity index (χ0n) is 10.3. The van der Waals surface area contributed by atoms with Gasteiger partial charge in [-0.3, -0.25) is 0 Å². The van der Waals surface area contributed by atoms with Gasteiger partial charge in [0.25, 0.3) is 0 Å². The first kappa shape index (κ1) is 13.9. The van der Waals surface area contributed by atoms with Crippen molar-refractivity contribution in [1.82, 2.24) is 5.53 Å². The van der Waals surface area contributed by atoms with Crippen LogP contribution in [-0.4, -0.2) is 25.2 Å². The summed E-state index contributed by atoms with van der Waals surface area (Å²) in [5, 5.41) is 0. The second-order valence-electron chi connectivity index (χ2n) is 4.93. The second-order valence-corrected chi connectivity index (χ2v) is 4.93. The molecule has 0 saturated heterocycles. The highest BCUT2D eigenvalue weighted by molar-refractivity contribution is 4.52. The third-order valence-corrected chi connectivity index (χ3v) is 2.81. The number of nitrogens with one attached hydrogen (secondary N) is 1. The predicted octanol–water partition coefficient (Wildman–Crippen LogP) is 2.05. The molecule has 86 valence electrons. The zero-order valence-corrected chi connectivity index (χ0v) is 10.3. The molecular formula is C11H28N3+. The molecule has 0 aliphatic heterocycles. The topological polar surface area (TPSA) is 38.0 Å². The normalized spacial score (nSPS) is 14.4. The van der Waals surface area contributed by atoms with Crippen molar-refractivity contribution in [3.05, 3.63) is 0 Å². The van der Waals surface area contributed by atoms with Crippen molar-refractivity contribution >= 4 is 0 Å². The van der Waals surface area contributed by atoms with Crippen molar-refractivity contribution in [2.75, 3.05) is 20.6 Å². The van der Waals surface area contributed by atoms with Gasteiger partial charge in [0.2, 0.25) is 0 Å². The monoisotopic (exact) mass is 204 g/mol. The highest BCUT2D eigenvalue weighted by atomic mass is 17.0. The van der Waals surface area contributed by atoms with E-state index < -0.39 is 0 Å². The summed E-state index contributed by atoms with van der Waals surface area (Å²) < 4.78 is 0.709. The first-order valence-corrected chi connectivity index (χ1v) is 5.82. The molecule has 0 heterocycles. The van der Waals surface area contributed by atoms with E-state index in [2.05, 4.69) is 33.5 Å². The van der Waals surface area contributed by atoms with Crippen molar-refractivity contribution < 1.29 is 4.59 Å². The van der Waals surface area contributed by atoms with Gasteiger partial charge in [-0.1, -0.05) is 33.1 Å².